The lowest BCUT2D eigenvalue weighted by Crippen LogP contribution is -2.37. The number of carbonyl (C=O) groups excluding carboxylic acids is 1. The van der Waals surface area contributed by atoms with Crippen molar-refractivity contribution in [2.24, 2.45) is 0 Å². The third-order valence-electron chi connectivity index (χ3n) is 1.83. The normalized spacial score (nSPS) is 18.1. The number of hydrogen-bond acceptors (Lipinski definition) is 3. The van der Waals surface area contributed by atoms with E-state index in [4.69, 9.17) is 9.78 Å². The first-order valence-corrected chi connectivity index (χ1v) is 4.95. The average Bonchev–Trinajstić information content (AvgIpc) is 2.14. The second-order valence-corrected chi connectivity index (χ2v) is 4.40. The van der Waals surface area contributed by atoms with E-state index in [1.807, 2.05) is 20.8 Å². The minimum atomic E-state index is -0.447. The van der Waals surface area contributed by atoms with Crippen LogP contribution in [0.1, 0.15) is 33.6 Å². The summed E-state index contributed by atoms with van der Waals surface area (Å²) < 4.78 is 0. The molecule has 0 aromatic carbocycles. The lowest BCUT2D eigenvalue weighted by Gasteiger charge is -2.26. The predicted molar refractivity (Wildman–Crippen MR) is 52.4 cm³/mol. The fourth-order valence-electron chi connectivity index (χ4n) is 1.15. The van der Waals surface area contributed by atoms with E-state index in [2.05, 4.69) is 6.42 Å². The van der Waals surface area contributed by atoms with Gasteiger partial charge in [-0.2, -0.15) is 4.89 Å². The quantitative estimate of drug-likeness (QED) is 0.481. The molecule has 1 aliphatic rings. The SMILES string of the molecule is CC(C)(C)OOC(=O)N1CC[CH]CC1. The standard InChI is InChI=1S/C10H18NO3/c1-10(2,3)14-13-9(12)11-7-5-4-6-8-11/h4H,5-8H2,1-3H3. The Morgan fingerprint density at radius 2 is 1.86 bits per heavy atom. The molecular formula is C10H18NO3. The molecular weight excluding hydrogens is 182 g/mol. The highest BCUT2D eigenvalue weighted by Crippen LogP contribution is 2.12. The van der Waals surface area contributed by atoms with Gasteiger partial charge in [0.25, 0.3) is 0 Å². The molecule has 1 saturated heterocycles. The molecule has 0 N–H and O–H groups in total. The predicted octanol–water partition coefficient (Wildman–Crippen LogP) is 2.15. The molecule has 1 aliphatic heterocycles. The number of nitrogens with zero attached hydrogens (tertiary/aromatic N) is 1. The molecule has 1 amide bonds. The van der Waals surface area contributed by atoms with Gasteiger partial charge in [-0.25, -0.2) is 4.79 Å². The Kier molecular flexibility index (Phi) is 3.75. The second-order valence-electron chi connectivity index (χ2n) is 4.40. The van der Waals surface area contributed by atoms with Gasteiger partial charge in [0.05, 0.1) is 0 Å². The molecule has 1 fully saturated rings. The third-order valence-corrected chi connectivity index (χ3v) is 1.83. The third kappa shape index (κ3) is 3.96. The van der Waals surface area contributed by atoms with Crippen molar-refractivity contribution >= 4 is 6.09 Å². The van der Waals surface area contributed by atoms with Gasteiger partial charge in [0, 0.05) is 13.1 Å². The van der Waals surface area contributed by atoms with Gasteiger partial charge in [0.15, 0.2) is 0 Å². The Bertz CT molecular complexity index is 192. The van der Waals surface area contributed by atoms with Crippen molar-refractivity contribution in [3.05, 3.63) is 6.42 Å². The molecule has 0 unspecified atom stereocenters. The van der Waals surface area contributed by atoms with Gasteiger partial charge in [0.2, 0.25) is 0 Å². The maximum atomic E-state index is 11.4. The van der Waals surface area contributed by atoms with Gasteiger partial charge in [-0.15, -0.1) is 0 Å². The Labute approximate surface area is 85.1 Å². The lowest BCUT2D eigenvalue weighted by molar-refractivity contribution is -0.305. The molecule has 0 aliphatic carbocycles. The molecule has 4 heteroatoms. The average molecular weight is 200 g/mol. The second kappa shape index (κ2) is 4.64. The molecule has 0 atom stereocenters. The molecule has 1 rings (SSSR count). The molecule has 0 saturated carbocycles. The lowest BCUT2D eigenvalue weighted by atomic mass is 10.1. The molecule has 0 aromatic rings. The van der Waals surface area contributed by atoms with Crippen LogP contribution in [0.2, 0.25) is 0 Å². The zero-order chi connectivity index (χ0) is 10.6. The summed E-state index contributed by atoms with van der Waals surface area (Å²) in [5.74, 6) is 0. The van der Waals surface area contributed by atoms with Crippen LogP contribution in [0.3, 0.4) is 0 Å². The van der Waals surface area contributed by atoms with Gasteiger partial charge in [-0.1, -0.05) is 0 Å². The van der Waals surface area contributed by atoms with Crippen molar-refractivity contribution < 1.29 is 14.6 Å². The molecule has 0 bridgehead atoms. The highest BCUT2D eigenvalue weighted by atomic mass is 17.2. The Balaban J connectivity index is 2.27. The maximum Gasteiger partial charge on any atom is 0.441 e. The number of piperidine rings is 1. The summed E-state index contributed by atoms with van der Waals surface area (Å²) in [6, 6.07) is 0. The number of hydrogen-bond donors (Lipinski definition) is 0. The summed E-state index contributed by atoms with van der Waals surface area (Å²) in [4.78, 5) is 22.7. The van der Waals surface area contributed by atoms with Crippen molar-refractivity contribution in [3.63, 3.8) is 0 Å². The minimum absolute atomic E-state index is 0.381. The Morgan fingerprint density at radius 3 is 2.36 bits per heavy atom. The van der Waals surface area contributed by atoms with Crippen LogP contribution >= 0.6 is 0 Å². The first kappa shape index (κ1) is 11.3. The van der Waals surface area contributed by atoms with E-state index in [1.54, 1.807) is 4.90 Å². The van der Waals surface area contributed by atoms with Gasteiger partial charge >= 0.3 is 6.09 Å². The van der Waals surface area contributed by atoms with Gasteiger partial charge < -0.3 is 4.90 Å². The number of rotatable bonds is 1. The van der Waals surface area contributed by atoms with Crippen LogP contribution in [0.25, 0.3) is 0 Å². The zero-order valence-corrected chi connectivity index (χ0v) is 9.08. The van der Waals surface area contributed by atoms with Crippen LogP contribution < -0.4 is 0 Å². The van der Waals surface area contributed by atoms with Gasteiger partial charge in [0.1, 0.15) is 5.60 Å². The maximum absolute atomic E-state index is 11.4. The van der Waals surface area contributed by atoms with E-state index in [1.165, 1.54) is 0 Å². The molecule has 14 heavy (non-hydrogen) atoms. The van der Waals surface area contributed by atoms with E-state index in [-0.39, 0.29) is 6.09 Å². The van der Waals surface area contributed by atoms with Gasteiger partial charge in [-0.05, 0) is 40.0 Å². The minimum Gasteiger partial charge on any atom is -0.306 e. The van der Waals surface area contributed by atoms with Gasteiger partial charge in [-0.3, -0.25) is 4.89 Å². The summed E-state index contributed by atoms with van der Waals surface area (Å²) in [7, 11) is 0. The van der Waals surface area contributed by atoms with Crippen LogP contribution in [-0.2, 0) is 9.78 Å². The summed E-state index contributed by atoms with van der Waals surface area (Å²) in [6.07, 6.45) is 3.66. The van der Waals surface area contributed by atoms with Crippen molar-refractivity contribution in [2.75, 3.05) is 13.1 Å². The van der Waals surface area contributed by atoms with E-state index < -0.39 is 5.60 Å². The van der Waals surface area contributed by atoms with Crippen molar-refractivity contribution in [2.45, 2.75) is 39.2 Å². The number of likely N-dealkylation sites (tertiary alicyclic amines) is 1. The van der Waals surface area contributed by atoms with E-state index in [9.17, 15) is 4.79 Å². The molecule has 4 nitrogen and oxygen atoms in total. The van der Waals surface area contributed by atoms with E-state index >= 15 is 0 Å². The monoisotopic (exact) mass is 200 g/mol. The zero-order valence-electron chi connectivity index (χ0n) is 9.08. The van der Waals surface area contributed by atoms with E-state index in [0.29, 0.717) is 0 Å². The van der Waals surface area contributed by atoms with Crippen molar-refractivity contribution in [1.82, 2.24) is 4.90 Å². The van der Waals surface area contributed by atoms with Crippen LogP contribution in [0.15, 0.2) is 0 Å². The summed E-state index contributed by atoms with van der Waals surface area (Å²) in [5, 5.41) is 0. The number of carbonyl (C=O) groups is 1. The van der Waals surface area contributed by atoms with Crippen LogP contribution in [0.5, 0.6) is 0 Å². The number of amides is 1. The first-order chi connectivity index (χ1) is 6.49. The molecule has 81 valence electrons. The highest BCUT2D eigenvalue weighted by Gasteiger charge is 2.21. The molecule has 1 heterocycles. The van der Waals surface area contributed by atoms with Crippen LogP contribution in [0, 0.1) is 6.42 Å². The first-order valence-electron chi connectivity index (χ1n) is 4.95. The summed E-state index contributed by atoms with van der Waals surface area (Å²) in [5.41, 5.74) is -0.447. The highest BCUT2D eigenvalue weighted by molar-refractivity contribution is 5.67. The molecule has 1 radical (unpaired) electrons. The molecule has 0 spiro atoms. The largest absolute Gasteiger partial charge is 0.441 e. The molecule has 0 aromatic heterocycles. The topological polar surface area (TPSA) is 38.8 Å². The van der Waals surface area contributed by atoms with Crippen LogP contribution in [-0.4, -0.2) is 29.7 Å². The fourth-order valence-corrected chi connectivity index (χ4v) is 1.15. The Morgan fingerprint density at radius 1 is 1.29 bits per heavy atom. The fraction of sp³-hybridized carbons (Fsp3) is 0.800. The summed E-state index contributed by atoms with van der Waals surface area (Å²) >= 11 is 0. The van der Waals surface area contributed by atoms with Crippen molar-refractivity contribution in [3.8, 4) is 0 Å². The van der Waals surface area contributed by atoms with Crippen LogP contribution in [0.4, 0.5) is 4.79 Å². The Hall–Kier alpha value is -0.770. The smallest absolute Gasteiger partial charge is 0.306 e. The van der Waals surface area contributed by atoms with E-state index in [0.717, 1.165) is 25.9 Å². The summed E-state index contributed by atoms with van der Waals surface area (Å²) in [6.45, 7) is 6.97. The van der Waals surface area contributed by atoms with Crippen molar-refractivity contribution in [1.29, 1.82) is 0 Å².